The summed E-state index contributed by atoms with van der Waals surface area (Å²) in [5.41, 5.74) is 2.13. The number of hydrogen-bond donors (Lipinski definition) is 1. The molecule has 1 saturated heterocycles. The lowest BCUT2D eigenvalue weighted by Gasteiger charge is -2.32. The van der Waals surface area contributed by atoms with E-state index >= 15 is 0 Å². The van der Waals surface area contributed by atoms with Crippen molar-refractivity contribution in [3.63, 3.8) is 0 Å². The molecule has 0 saturated carbocycles. The van der Waals surface area contributed by atoms with E-state index in [0.29, 0.717) is 24.6 Å². The molecule has 3 aromatic rings. The van der Waals surface area contributed by atoms with Gasteiger partial charge < -0.3 is 10.2 Å². The van der Waals surface area contributed by atoms with E-state index in [1.165, 1.54) is 10.1 Å². The topological polar surface area (TPSA) is 67.2 Å². The summed E-state index contributed by atoms with van der Waals surface area (Å²) >= 11 is 5.35. The number of nitrogens with one attached hydrogen (secondary N) is 1. The van der Waals surface area contributed by atoms with Crippen molar-refractivity contribution in [1.82, 2.24) is 14.5 Å². The van der Waals surface area contributed by atoms with E-state index in [2.05, 4.69) is 34.6 Å². The Balaban J connectivity index is 1.17. The summed E-state index contributed by atoms with van der Waals surface area (Å²) in [6.45, 7) is 1.59. The van der Waals surface area contributed by atoms with Gasteiger partial charge in [-0.2, -0.15) is 0 Å². The largest absolute Gasteiger partial charge is 0.359 e. The number of aromatic nitrogens is 2. The summed E-state index contributed by atoms with van der Waals surface area (Å²) in [5, 5.41) is 4.16. The average Bonchev–Trinajstić information content (AvgIpc) is 3.16. The maximum atomic E-state index is 12.9. The fraction of sp³-hybridized carbons (Fsp3) is 0.360. The Kier molecular flexibility index (Phi) is 5.74. The molecule has 0 aliphatic carbocycles. The van der Waals surface area contributed by atoms with Gasteiger partial charge in [0.25, 0.3) is 5.91 Å². The van der Waals surface area contributed by atoms with Crippen molar-refractivity contribution in [3.05, 3.63) is 64.9 Å². The van der Waals surface area contributed by atoms with E-state index in [-0.39, 0.29) is 16.6 Å². The Bertz CT molecular complexity index is 1220. The summed E-state index contributed by atoms with van der Waals surface area (Å²) in [5.74, 6) is 1.30. The molecule has 2 aliphatic heterocycles. The Morgan fingerprint density at radius 3 is 2.56 bits per heavy atom. The van der Waals surface area contributed by atoms with Crippen LogP contribution < -0.4 is 5.32 Å². The molecule has 2 aromatic carbocycles. The first kappa shape index (κ1) is 20.8. The van der Waals surface area contributed by atoms with Gasteiger partial charge in [-0.25, -0.2) is 9.55 Å². The molecule has 1 fully saturated rings. The van der Waals surface area contributed by atoms with E-state index in [4.69, 9.17) is 12.2 Å². The second kappa shape index (κ2) is 8.82. The molecule has 2 aliphatic rings. The highest BCUT2D eigenvalue weighted by molar-refractivity contribution is 7.71. The molecule has 0 bridgehead atoms. The van der Waals surface area contributed by atoms with Crippen molar-refractivity contribution >= 4 is 40.8 Å². The molecule has 164 valence electrons. The highest BCUT2D eigenvalue weighted by Gasteiger charge is 2.33. The van der Waals surface area contributed by atoms with Crippen molar-refractivity contribution in [3.8, 4) is 0 Å². The number of piperidine rings is 1. The number of anilines is 1. The van der Waals surface area contributed by atoms with Gasteiger partial charge in [0.2, 0.25) is 10.7 Å². The van der Waals surface area contributed by atoms with E-state index in [1.807, 2.05) is 35.2 Å². The lowest BCUT2D eigenvalue weighted by molar-refractivity contribution is -0.132. The highest BCUT2D eigenvalue weighted by atomic mass is 32.1. The minimum Gasteiger partial charge on any atom is -0.359 e. The van der Waals surface area contributed by atoms with Gasteiger partial charge >= 0.3 is 0 Å². The molecule has 0 radical (unpaired) electrons. The molecule has 3 heterocycles. The van der Waals surface area contributed by atoms with Crippen LogP contribution >= 0.6 is 12.2 Å². The molecule has 0 unspecified atom stereocenters. The van der Waals surface area contributed by atoms with Crippen LogP contribution in [0.1, 0.15) is 36.0 Å². The van der Waals surface area contributed by atoms with E-state index < -0.39 is 6.04 Å². The second-order valence-electron chi connectivity index (χ2n) is 8.68. The van der Waals surface area contributed by atoms with Gasteiger partial charge in [-0.05, 0) is 61.5 Å². The SMILES string of the molecule is O=C(CC[C@@H]1Nc2c3ccccc3nc(=S)n2C1=O)N1CCC(Cc2ccccc2)CC1. The third-order valence-electron chi connectivity index (χ3n) is 6.60. The summed E-state index contributed by atoms with van der Waals surface area (Å²) < 4.78 is 1.73. The van der Waals surface area contributed by atoms with Crippen molar-refractivity contribution in [2.45, 2.75) is 38.1 Å². The molecule has 5 rings (SSSR count). The van der Waals surface area contributed by atoms with Crippen LogP contribution in [0.5, 0.6) is 0 Å². The molecular weight excluding hydrogens is 420 g/mol. The van der Waals surface area contributed by atoms with Gasteiger partial charge in [0, 0.05) is 24.9 Å². The lowest BCUT2D eigenvalue weighted by atomic mass is 9.90. The van der Waals surface area contributed by atoms with Crippen molar-refractivity contribution < 1.29 is 9.59 Å². The Labute approximate surface area is 192 Å². The molecule has 1 aromatic heterocycles. The molecule has 0 spiro atoms. The Morgan fingerprint density at radius 1 is 1.06 bits per heavy atom. The molecule has 32 heavy (non-hydrogen) atoms. The van der Waals surface area contributed by atoms with Crippen molar-refractivity contribution in [1.29, 1.82) is 0 Å². The minimum absolute atomic E-state index is 0.125. The highest BCUT2D eigenvalue weighted by Crippen LogP contribution is 2.29. The van der Waals surface area contributed by atoms with Crippen molar-refractivity contribution in [2.75, 3.05) is 18.4 Å². The standard InChI is InChI=1S/C25H26N4O2S/c30-22(28-14-12-18(13-15-28)16-17-6-2-1-3-7-17)11-10-21-24(31)29-23(26-21)19-8-4-5-9-20(19)27-25(29)32/h1-9,18,21,26H,10-16H2/t21-/m0/s1. The second-order valence-corrected chi connectivity index (χ2v) is 9.05. The van der Waals surface area contributed by atoms with Crippen LogP contribution in [-0.2, 0) is 11.2 Å². The smallest absolute Gasteiger partial charge is 0.257 e. The number of carbonyl (C=O) groups excluding carboxylic acids is 2. The van der Waals surface area contributed by atoms with Gasteiger partial charge in [0.1, 0.15) is 11.9 Å². The summed E-state index contributed by atoms with van der Waals surface area (Å²) in [6, 6.07) is 17.7. The van der Waals surface area contributed by atoms with Gasteiger partial charge in [0.05, 0.1) is 5.52 Å². The monoisotopic (exact) mass is 446 g/mol. The normalized spacial score (nSPS) is 18.6. The third kappa shape index (κ3) is 4.05. The van der Waals surface area contributed by atoms with Gasteiger partial charge in [0.15, 0.2) is 0 Å². The van der Waals surface area contributed by atoms with Crippen LogP contribution in [0.2, 0.25) is 0 Å². The fourth-order valence-electron chi connectivity index (χ4n) is 4.83. The number of carbonyl (C=O) groups is 2. The molecule has 7 heteroatoms. The first-order valence-corrected chi connectivity index (χ1v) is 11.7. The van der Waals surface area contributed by atoms with E-state index in [0.717, 1.165) is 43.3 Å². The quantitative estimate of drug-likeness (QED) is 0.586. The Morgan fingerprint density at radius 2 is 1.78 bits per heavy atom. The Hall–Kier alpha value is -3.06. The first-order valence-electron chi connectivity index (χ1n) is 11.2. The van der Waals surface area contributed by atoms with Crippen molar-refractivity contribution in [2.24, 2.45) is 5.92 Å². The minimum atomic E-state index is -0.455. The lowest BCUT2D eigenvalue weighted by Crippen LogP contribution is -2.39. The number of amides is 1. The average molecular weight is 447 g/mol. The van der Waals surface area contributed by atoms with Gasteiger partial charge in [-0.1, -0.05) is 42.5 Å². The molecular formula is C25H26N4O2S. The molecule has 1 N–H and O–H groups in total. The number of rotatable bonds is 5. The molecule has 1 amide bonds. The maximum Gasteiger partial charge on any atom is 0.257 e. The van der Waals surface area contributed by atoms with E-state index in [1.54, 1.807) is 0 Å². The third-order valence-corrected chi connectivity index (χ3v) is 6.87. The van der Waals surface area contributed by atoms with Crippen LogP contribution in [0, 0.1) is 10.7 Å². The maximum absolute atomic E-state index is 12.9. The number of fused-ring (bicyclic) bond motifs is 3. The predicted molar refractivity (Wildman–Crippen MR) is 127 cm³/mol. The van der Waals surface area contributed by atoms with Crippen LogP contribution in [0.3, 0.4) is 0 Å². The number of benzene rings is 2. The van der Waals surface area contributed by atoms with Crippen LogP contribution in [0.4, 0.5) is 5.82 Å². The van der Waals surface area contributed by atoms with Crippen LogP contribution in [-0.4, -0.2) is 45.4 Å². The zero-order chi connectivity index (χ0) is 22.1. The van der Waals surface area contributed by atoms with Gasteiger partial charge in [-0.15, -0.1) is 0 Å². The van der Waals surface area contributed by atoms with Crippen LogP contribution in [0.15, 0.2) is 54.6 Å². The molecule has 6 nitrogen and oxygen atoms in total. The predicted octanol–water partition coefficient (Wildman–Crippen LogP) is 4.46. The number of hydrogen-bond acceptors (Lipinski definition) is 5. The summed E-state index contributed by atoms with van der Waals surface area (Å²) in [6.07, 6.45) is 3.93. The zero-order valence-electron chi connectivity index (χ0n) is 17.9. The fourth-order valence-corrected chi connectivity index (χ4v) is 5.10. The van der Waals surface area contributed by atoms with Crippen LogP contribution in [0.25, 0.3) is 10.9 Å². The zero-order valence-corrected chi connectivity index (χ0v) is 18.7. The first-order chi connectivity index (χ1) is 15.6. The number of para-hydroxylation sites is 1. The van der Waals surface area contributed by atoms with Gasteiger partial charge in [-0.3, -0.25) is 9.59 Å². The summed E-state index contributed by atoms with van der Waals surface area (Å²) in [4.78, 5) is 32.1. The number of nitrogens with zero attached hydrogens (tertiary/aromatic N) is 3. The van der Waals surface area contributed by atoms with E-state index in [9.17, 15) is 9.59 Å². The number of likely N-dealkylation sites (tertiary alicyclic amines) is 1. The molecule has 1 atom stereocenters. The summed E-state index contributed by atoms with van der Waals surface area (Å²) in [7, 11) is 0.